The van der Waals surface area contributed by atoms with Gasteiger partial charge in [-0.1, -0.05) is 0 Å². The number of nitrogens with zero attached hydrogens (tertiary/aromatic N) is 3. The molecular formula is C23H34F3N3O6S. The zero-order valence-electron chi connectivity index (χ0n) is 20.4. The van der Waals surface area contributed by atoms with Crippen molar-refractivity contribution in [1.29, 1.82) is 0 Å². The second kappa shape index (κ2) is 12.0. The molecule has 0 saturated carbocycles. The average Bonchev–Trinajstić information content (AvgIpc) is 2.85. The summed E-state index contributed by atoms with van der Waals surface area (Å²) in [7, 11) is -2.49. The van der Waals surface area contributed by atoms with Crippen LogP contribution in [0.4, 0.5) is 18.9 Å². The van der Waals surface area contributed by atoms with E-state index in [0.717, 1.165) is 5.69 Å². The molecule has 0 aliphatic carbocycles. The number of likely N-dealkylation sites (tertiary alicyclic amines) is 1. The van der Waals surface area contributed by atoms with E-state index in [2.05, 4.69) is 0 Å². The number of ether oxygens (including phenoxy) is 2. The van der Waals surface area contributed by atoms with Gasteiger partial charge in [-0.05, 0) is 43.5 Å². The molecule has 36 heavy (non-hydrogen) atoms. The monoisotopic (exact) mass is 537 g/mol. The summed E-state index contributed by atoms with van der Waals surface area (Å²) in [4.78, 5) is 16.2. The molecule has 2 saturated heterocycles. The van der Waals surface area contributed by atoms with Gasteiger partial charge >= 0.3 is 12.1 Å². The van der Waals surface area contributed by atoms with Gasteiger partial charge in [0.05, 0.1) is 13.2 Å². The van der Waals surface area contributed by atoms with E-state index >= 15 is 0 Å². The highest BCUT2D eigenvalue weighted by Crippen LogP contribution is 2.34. The van der Waals surface area contributed by atoms with E-state index in [4.69, 9.17) is 9.47 Å². The molecular weight excluding hydrogens is 503 g/mol. The third-order valence-corrected chi connectivity index (χ3v) is 9.43. The SMILES string of the molecule is COCCN1CCC(C(=O)O)(S(=O)(=O)N2CCN(c3ccc(OCCCC(F)(F)F)cc3)CC2)CC1. The highest BCUT2D eigenvalue weighted by atomic mass is 32.2. The predicted molar refractivity (Wildman–Crippen MR) is 128 cm³/mol. The molecule has 2 fully saturated rings. The molecule has 3 rings (SSSR count). The Bertz CT molecular complexity index is 958. The summed E-state index contributed by atoms with van der Waals surface area (Å²) in [5.74, 6) is -0.843. The maximum atomic E-state index is 13.5. The fraction of sp³-hybridized carbons (Fsp3) is 0.696. The summed E-state index contributed by atoms with van der Waals surface area (Å²) in [5.41, 5.74) is 0.828. The van der Waals surface area contributed by atoms with Crippen molar-refractivity contribution in [2.45, 2.75) is 36.6 Å². The molecule has 0 amide bonds. The molecule has 0 atom stereocenters. The number of piperidine rings is 1. The smallest absolute Gasteiger partial charge is 0.389 e. The van der Waals surface area contributed by atoms with Crippen LogP contribution in [0.5, 0.6) is 5.75 Å². The first kappa shape index (κ1) is 28.5. The molecule has 0 radical (unpaired) electrons. The number of benzene rings is 1. The number of carboxylic acids is 1. The van der Waals surface area contributed by atoms with Gasteiger partial charge in [0.2, 0.25) is 10.0 Å². The summed E-state index contributed by atoms with van der Waals surface area (Å²) >= 11 is 0. The first-order valence-electron chi connectivity index (χ1n) is 12.0. The highest BCUT2D eigenvalue weighted by Gasteiger charge is 2.55. The molecule has 0 aromatic heterocycles. The van der Waals surface area contributed by atoms with Gasteiger partial charge in [-0.2, -0.15) is 17.5 Å². The quantitative estimate of drug-likeness (QED) is 0.430. The van der Waals surface area contributed by atoms with Crippen LogP contribution < -0.4 is 9.64 Å². The number of halogens is 3. The van der Waals surface area contributed by atoms with Crippen LogP contribution >= 0.6 is 0 Å². The molecule has 2 aliphatic rings. The molecule has 1 aromatic carbocycles. The van der Waals surface area contributed by atoms with Crippen molar-refractivity contribution in [3.63, 3.8) is 0 Å². The number of hydrogen-bond acceptors (Lipinski definition) is 7. The Labute approximate surface area is 209 Å². The molecule has 2 heterocycles. The fourth-order valence-electron chi connectivity index (χ4n) is 4.59. The van der Waals surface area contributed by atoms with Crippen LogP contribution in [-0.2, 0) is 19.6 Å². The van der Waals surface area contributed by atoms with Crippen LogP contribution in [0, 0.1) is 0 Å². The number of rotatable bonds is 11. The number of carbonyl (C=O) groups is 1. The number of methoxy groups -OCH3 is 1. The average molecular weight is 538 g/mol. The van der Waals surface area contributed by atoms with Crippen molar-refractivity contribution in [2.75, 3.05) is 71.0 Å². The van der Waals surface area contributed by atoms with Crippen LogP contribution in [0.1, 0.15) is 25.7 Å². The summed E-state index contributed by atoms with van der Waals surface area (Å²) in [6.45, 7) is 2.95. The number of alkyl halides is 3. The summed E-state index contributed by atoms with van der Waals surface area (Å²) in [5, 5.41) is 9.96. The van der Waals surface area contributed by atoms with Crippen molar-refractivity contribution in [2.24, 2.45) is 0 Å². The van der Waals surface area contributed by atoms with Crippen LogP contribution in [0.25, 0.3) is 0 Å². The third-order valence-electron chi connectivity index (χ3n) is 6.81. The van der Waals surface area contributed by atoms with Gasteiger partial charge in [0.25, 0.3) is 0 Å². The Balaban J connectivity index is 1.55. The first-order chi connectivity index (χ1) is 17.0. The van der Waals surface area contributed by atoms with E-state index < -0.39 is 33.3 Å². The highest BCUT2D eigenvalue weighted by molar-refractivity contribution is 7.91. The van der Waals surface area contributed by atoms with Gasteiger partial charge in [-0.15, -0.1) is 0 Å². The normalized spacial score (nSPS) is 19.8. The lowest BCUT2D eigenvalue weighted by Crippen LogP contribution is -2.61. The lowest BCUT2D eigenvalue weighted by Gasteiger charge is -2.43. The summed E-state index contributed by atoms with van der Waals surface area (Å²) < 4.78 is 73.6. The number of carboxylic acid groups (broad SMARTS) is 1. The minimum absolute atomic E-state index is 0.0268. The van der Waals surface area contributed by atoms with Crippen molar-refractivity contribution in [3.05, 3.63) is 24.3 Å². The zero-order chi connectivity index (χ0) is 26.4. The molecule has 204 valence electrons. The van der Waals surface area contributed by atoms with E-state index in [1.165, 1.54) is 4.31 Å². The lowest BCUT2D eigenvalue weighted by atomic mass is 9.96. The first-order valence-corrected chi connectivity index (χ1v) is 13.4. The van der Waals surface area contributed by atoms with Crippen molar-refractivity contribution < 1.29 is 41.0 Å². The Hall–Kier alpha value is -2.09. The van der Waals surface area contributed by atoms with E-state index in [-0.39, 0.29) is 39.0 Å². The molecule has 1 aromatic rings. The number of anilines is 1. The second-order valence-corrected chi connectivity index (χ2v) is 11.3. The maximum absolute atomic E-state index is 13.5. The minimum atomic E-state index is -4.20. The molecule has 0 unspecified atom stereocenters. The number of hydrogen-bond donors (Lipinski definition) is 1. The molecule has 0 bridgehead atoms. The van der Waals surface area contributed by atoms with Gasteiger partial charge < -0.3 is 24.4 Å². The Morgan fingerprint density at radius 3 is 2.17 bits per heavy atom. The van der Waals surface area contributed by atoms with Gasteiger partial charge in [-0.3, -0.25) is 4.79 Å². The van der Waals surface area contributed by atoms with Crippen LogP contribution in [0.2, 0.25) is 0 Å². The summed E-state index contributed by atoms with van der Waals surface area (Å²) in [6, 6.07) is 6.89. The van der Waals surface area contributed by atoms with E-state index in [0.29, 0.717) is 45.1 Å². The molecule has 9 nitrogen and oxygen atoms in total. The maximum Gasteiger partial charge on any atom is 0.389 e. The molecule has 13 heteroatoms. The van der Waals surface area contributed by atoms with Gasteiger partial charge in [0.1, 0.15) is 5.75 Å². The van der Waals surface area contributed by atoms with Gasteiger partial charge in [0.15, 0.2) is 4.75 Å². The van der Waals surface area contributed by atoms with Crippen LogP contribution in [0.3, 0.4) is 0 Å². The van der Waals surface area contributed by atoms with Crippen LogP contribution in [0.15, 0.2) is 24.3 Å². The Morgan fingerprint density at radius 2 is 1.64 bits per heavy atom. The third kappa shape index (κ3) is 6.81. The molecule has 1 N–H and O–H groups in total. The summed E-state index contributed by atoms with van der Waals surface area (Å²) in [6.07, 6.45) is -5.16. The molecule has 2 aliphatic heterocycles. The topological polar surface area (TPSA) is 99.6 Å². The fourth-order valence-corrected chi connectivity index (χ4v) is 6.65. The number of sulfonamides is 1. The standard InChI is InChI=1S/C23H34F3N3O6S/c1-34-18-16-27-10-8-22(9-11-27,21(30)31)36(32,33)29-14-12-28(13-15-29)19-3-5-20(6-4-19)35-17-2-7-23(24,25)26/h3-6H,2,7-18H2,1H3,(H,30,31). The molecule has 0 spiro atoms. The Kier molecular flexibility index (Phi) is 9.47. The number of aliphatic carboxylic acids is 1. The largest absolute Gasteiger partial charge is 0.494 e. The lowest BCUT2D eigenvalue weighted by molar-refractivity contribution is -0.141. The van der Waals surface area contributed by atoms with Crippen LogP contribution in [-0.4, -0.2) is 106 Å². The van der Waals surface area contributed by atoms with E-state index in [9.17, 15) is 31.5 Å². The van der Waals surface area contributed by atoms with E-state index in [1.807, 2.05) is 9.80 Å². The van der Waals surface area contributed by atoms with Crippen molar-refractivity contribution >= 4 is 21.7 Å². The Morgan fingerprint density at radius 1 is 1.03 bits per heavy atom. The van der Waals surface area contributed by atoms with Crippen molar-refractivity contribution in [3.8, 4) is 5.75 Å². The predicted octanol–water partition coefficient (Wildman–Crippen LogP) is 2.43. The number of piperazine rings is 1. The second-order valence-electron chi connectivity index (χ2n) is 9.09. The van der Waals surface area contributed by atoms with Gasteiger partial charge in [0, 0.05) is 65.0 Å². The zero-order valence-corrected chi connectivity index (χ0v) is 21.2. The minimum Gasteiger partial charge on any atom is -0.494 e. The van der Waals surface area contributed by atoms with E-state index in [1.54, 1.807) is 31.4 Å². The van der Waals surface area contributed by atoms with Gasteiger partial charge in [-0.25, -0.2) is 8.42 Å². The van der Waals surface area contributed by atoms with Crippen molar-refractivity contribution in [1.82, 2.24) is 9.21 Å².